The summed E-state index contributed by atoms with van der Waals surface area (Å²) in [5, 5.41) is 8.68. The molecule has 120 valence electrons. The van der Waals surface area contributed by atoms with Gasteiger partial charge in [-0.3, -0.25) is 4.79 Å². The monoisotopic (exact) mass is 312 g/mol. The smallest absolute Gasteiger partial charge is 0.387 e. The van der Waals surface area contributed by atoms with E-state index in [4.69, 9.17) is 10.8 Å². The molecule has 7 heteroatoms. The topological polar surface area (TPSA) is 84.9 Å². The fourth-order valence-electron chi connectivity index (χ4n) is 1.69. The quantitative estimate of drug-likeness (QED) is 0.570. The number of rotatable bonds is 8. The molecule has 0 atom stereocenters. The van der Waals surface area contributed by atoms with Crippen LogP contribution in [0.4, 0.5) is 8.78 Å². The first-order valence-corrected chi connectivity index (χ1v) is 6.72. The summed E-state index contributed by atoms with van der Waals surface area (Å²) in [6.07, 6.45) is 2.77. The summed E-state index contributed by atoms with van der Waals surface area (Å²) in [4.78, 5) is 14.8. The Morgan fingerprint density at radius 2 is 2.05 bits per heavy atom. The highest BCUT2D eigenvalue weighted by molar-refractivity contribution is 5.98. The summed E-state index contributed by atoms with van der Waals surface area (Å²) in [5.41, 5.74) is 6.98. The number of aliphatic imine (C=N–C) groups is 1. The highest BCUT2D eigenvalue weighted by Crippen LogP contribution is 2.16. The number of alkyl halides is 2. The lowest BCUT2D eigenvalue weighted by molar-refractivity contribution is -0.136. The number of amidine groups is 1. The van der Waals surface area contributed by atoms with Gasteiger partial charge >= 0.3 is 12.6 Å². The zero-order chi connectivity index (χ0) is 16.5. The van der Waals surface area contributed by atoms with E-state index in [1.807, 2.05) is 6.92 Å². The molecule has 0 unspecified atom stereocenters. The summed E-state index contributed by atoms with van der Waals surface area (Å²) in [5.74, 6) is -0.730. The van der Waals surface area contributed by atoms with Crippen LogP contribution in [0.25, 0.3) is 0 Å². The number of nitrogens with zero attached hydrogens (tertiary/aromatic N) is 1. The number of carboxylic acids is 1. The van der Waals surface area contributed by atoms with Crippen molar-refractivity contribution in [1.82, 2.24) is 0 Å². The van der Waals surface area contributed by atoms with Crippen LogP contribution in [0.15, 0.2) is 41.0 Å². The second-order valence-corrected chi connectivity index (χ2v) is 4.44. The number of carbonyl (C=O) groups is 1. The summed E-state index contributed by atoms with van der Waals surface area (Å²) >= 11 is 0. The van der Waals surface area contributed by atoms with Crippen molar-refractivity contribution in [2.45, 2.75) is 32.8 Å². The third-order valence-corrected chi connectivity index (χ3v) is 2.66. The molecule has 0 heterocycles. The largest absolute Gasteiger partial charge is 0.481 e. The molecule has 5 nitrogen and oxygen atoms in total. The van der Waals surface area contributed by atoms with Gasteiger partial charge in [0.05, 0.1) is 6.42 Å². The van der Waals surface area contributed by atoms with Crippen LogP contribution < -0.4 is 10.5 Å². The molecule has 0 amide bonds. The third kappa shape index (κ3) is 6.34. The average Bonchev–Trinajstić information content (AvgIpc) is 2.45. The first-order chi connectivity index (χ1) is 10.4. The molecule has 0 radical (unpaired) electrons. The van der Waals surface area contributed by atoms with E-state index in [1.54, 1.807) is 0 Å². The van der Waals surface area contributed by atoms with E-state index in [-0.39, 0.29) is 18.0 Å². The zero-order valence-corrected chi connectivity index (χ0v) is 12.1. The second-order valence-electron chi connectivity index (χ2n) is 4.44. The molecular formula is C15H18F2N2O3. The van der Waals surface area contributed by atoms with E-state index in [0.29, 0.717) is 17.7 Å². The Morgan fingerprint density at radius 3 is 2.55 bits per heavy atom. The van der Waals surface area contributed by atoms with Crippen molar-refractivity contribution >= 4 is 11.8 Å². The second kappa shape index (κ2) is 8.76. The van der Waals surface area contributed by atoms with Gasteiger partial charge in [0.1, 0.15) is 11.6 Å². The van der Waals surface area contributed by atoms with Gasteiger partial charge in [0.15, 0.2) is 0 Å². The van der Waals surface area contributed by atoms with Gasteiger partial charge in [0, 0.05) is 11.3 Å². The van der Waals surface area contributed by atoms with Crippen LogP contribution in [0.1, 0.15) is 31.7 Å². The Hall–Kier alpha value is -2.44. The molecule has 1 aromatic carbocycles. The van der Waals surface area contributed by atoms with Gasteiger partial charge in [-0.15, -0.1) is 0 Å². The van der Waals surface area contributed by atoms with Crippen molar-refractivity contribution in [1.29, 1.82) is 0 Å². The Bertz CT molecular complexity index is 554. The molecule has 0 aliphatic carbocycles. The van der Waals surface area contributed by atoms with E-state index in [0.717, 1.165) is 6.42 Å². The van der Waals surface area contributed by atoms with Crippen molar-refractivity contribution in [3.63, 3.8) is 0 Å². The van der Waals surface area contributed by atoms with Crippen LogP contribution in [-0.4, -0.2) is 23.5 Å². The number of ether oxygens (including phenoxy) is 1. The number of benzene rings is 1. The van der Waals surface area contributed by atoms with E-state index in [2.05, 4.69) is 9.73 Å². The molecular weight excluding hydrogens is 294 g/mol. The number of carboxylic acid groups (broad SMARTS) is 1. The highest BCUT2D eigenvalue weighted by atomic mass is 19.3. The van der Waals surface area contributed by atoms with Crippen molar-refractivity contribution in [3.8, 4) is 5.75 Å². The highest BCUT2D eigenvalue weighted by Gasteiger charge is 2.06. The van der Waals surface area contributed by atoms with Gasteiger partial charge in [-0.2, -0.15) is 8.78 Å². The van der Waals surface area contributed by atoms with Gasteiger partial charge in [-0.25, -0.2) is 4.99 Å². The number of allylic oxidation sites excluding steroid dienone is 1. The number of halogens is 2. The summed E-state index contributed by atoms with van der Waals surface area (Å²) in [6.45, 7) is -0.941. The standard InChI is InChI=1S/C15H18F2N2O3/c1-2-3-11(6-9-13(20)21)19-14(18)10-4-7-12(8-5-10)22-15(16)17/h4-8,15H,2-3,9H2,1H3,(H2,18,19)(H,20,21)/b11-6+. The van der Waals surface area contributed by atoms with E-state index in [9.17, 15) is 13.6 Å². The van der Waals surface area contributed by atoms with Gasteiger partial charge in [0.2, 0.25) is 0 Å². The van der Waals surface area contributed by atoms with Gasteiger partial charge in [-0.1, -0.05) is 19.4 Å². The Balaban J connectivity index is 2.88. The van der Waals surface area contributed by atoms with Gasteiger partial charge in [0.25, 0.3) is 0 Å². The minimum atomic E-state index is -2.88. The van der Waals surface area contributed by atoms with Crippen LogP contribution >= 0.6 is 0 Å². The molecule has 0 fully saturated rings. The fraction of sp³-hybridized carbons (Fsp3) is 0.333. The minimum absolute atomic E-state index is 0.0294. The maximum atomic E-state index is 12.1. The zero-order valence-electron chi connectivity index (χ0n) is 12.1. The van der Waals surface area contributed by atoms with Crippen molar-refractivity contribution in [2.75, 3.05) is 0 Å². The first-order valence-electron chi connectivity index (χ1n) is 6.72. The summed E-state index contributed by atoms with van der Waals surface area (Å²) in [6, 6.07) is 5.75. The Morgan fingerprint density at radius 1 is 1.41 bits per heavy atom. The molecule has 0 spiro atoms. The average molecular weight is 312 g/mol. The minimum Gasteiger partial charge on any atom is -0.481 e. The normalized spacial score (nSPS) is 12.5. The molecule has 0 aromatic heterocycles. The Labute approximate surface area is 127 Å². The van der Waals surface area contributed by atoms with E-state index < -0.39 is 12.6 Å². The number of hydrogen-bond acceptors (Lipinski definition) is 3. The lowest BCUT2D eigenvalue weighted by Gasteiger charge is -2.06. The van der Waals surface area contributed by atoms with Crippen molar-refractivity contribution in [2.24, 2.45) is 10.7 Å². The molecule has 0 saturated carbocycles. The van der Waals surface area contributed by atoms with Crippen molar-refractivity contribution < 1.29 is 23.4 Å². The maximum absolute atomic E-state index is 12.1. The lowest BCUT2D eigenvalue weighted by Crippen LogP contribution is -2.13. The van der Waals surface area contributed by atoms with E-state index in [1.165, 1.54) is 30.3 Å². The van der Waals surface area contributed by atoms with Crippen LogP contribution in [0, 0.1) is 0 Å². The Kier molecular flexibility index (Phi) is 7.01. The summed E-state index contributed by atoms with van der Waals surface area (Å²) in [7, 11) is 0. The summed E-state index contributed by atoms with van der Waals surface area (Å²) < 4.78 is 28.4. The predicted molar refractivity (Wildman–Crippen MR) is 79.0 cm³/mol. The molecule has 1 rings (SSSR count). The molecule has 0 bridgehead atoms. The van der Waals surface area contributed by atoms with Crippen LogP contribution in [-0.2, 0) is 4.79 Å². The number of nitrogens with two attached hydrogens (primary N) is 1. The predicted octanol–water partition coefficient (Wildman–Crippen LogP) is 3.15. The van der Waals surface area contributed by atoms with Crippen LogP contribution in [0.5, 0.6) is 5.75 Å². The van der Waals surface area contributed by atoms with E-state index >= 15 is 0 Å². The molecule has 0 aliphatic heterocycles. The van der Waals surface area contributed by atoms with Gasteiger partial charge < -0.3 is 15.6 Å². The third-order valence-electron chi connectivity index (χ3n) is 2.66. The molecule has 0 aliphatic rings. The number of hydrogen-bond donors (Lipinski definition) is 2. The van der Waals surface area contributed by atoms with Crippen molar-refractivity contribution in [3.05, 3.63) is 41.6 Å². The first kappa shape index (κ1) is 17.6. The maximum Gasteiger partial charge on any atom is 0.387 e. The molecule has 22 heavy (non-hydrogen) atoms. The number of aliphatic carboxylic acids is 1. The molecule has 0 saturated heterocycles. The fourth-order valence-corrected chi connectivity index (χ4v) is 1.69. The van der Waals surface area contributed by atoms with Crippen LogP contribution in [0.3, 0.4) is 0 Å². The molecule has 1 aromatic rings. The molecule has 3 N–H and O–H groups in total. The SMILES string of the molecule is CCC/C(=C\CC(=O)O)N=C(N)c1ccc(OC(F)F)cc1. The lowest BCUT2D eigenvalue weighted by atomic mass is 10.2. The van der Waals surface area contributed by atoms with Gasteiger partial charge in [-0.05, 0) is 30.7 Å². The van der Waals surface area contributed by atoms with Crippen LogP contribution in [0.2, 0.25) is 0 Å².